The van der Waals surface area contributed by atoms with E-state index in [0.717, 1.165) is 75.6 Å². The maximum Gasteiger partial charge on any atom is 0.446 e. The first-order valence-electron chi connectivity index (χ1n) is 12.6. The molecule has 0 saturated carbocycles. The van der Waals surface area contributed by atoms with Crippen LogP contribution in [-0.2, 0) is 4.79 Å². The number of pyridine rings is 1. The average molecular weight is 522 g/mol. The van der Waals surface area contributed by atoms with Gasteiger partial charge in [0.15, 0.2) is 0 Å². The zero-order chi connectivity index (χ0) is 25.5. The van der Waals surface area contributed by atoms with E-state index in [-0.39, 0.29) is 28.6 Å². The summed E-state index contributed by atoms with van der Waals surface area (Å²) in [5.74, 6) is 1.21. The van der Waals surface area contributed by atoms with Crippen molar-refractivity contribution in [1.29, 1.82) is 0 Å². The highest BCUT2D eigenvalue weighted by Gasteiger charge is 2.29. The van der Waals surface area contributed by atoms with Crippen LogP contribution in [0.4, 0.5) is 24.7 Å². The van der Waals surface area contributed by atoms with Crippen molar-refractivity contribution in [3.8, 4) is 0 Å². The molecular formula is C26H34F3N5OS. The van der Waals surface area contributed by atoms with Crippen LogP contribution < -0.4 is 10.2 Å². The molecule has 0 spiro atoms. The monoisotopic (exact) mass is 521 g/mol. The number of benzene rings is 1. The second kappa shape index (κ2) is 12.2. The molecular weight excluding hydrogens is 487 g/mol. The van der Waals surface area contributed by atoms with E-state index in [1.807, 2.05) is 18.0 Å². The quantitative estimate of drug-likeness (QED) is 0.493. The number of piperazine rings is 1. The van der Waals surface area contributed by atoms with Crippen LogP contribution in [0.25, 0.3) is 0 Å². The zero-order valence-corrected chi connectivity index (χ0v) is 21.5. The predicted octanol–water partition coefficient (Wildman–Crippen LogP) is 5.01. The van der Waals surface area contributed by atoms with Crippen molar-refractivity contribution < 1.29 is 18.0 Å². The van der Waals surface area contributed by atoms with Gasteiger partial charge in [0.25, 0.3) is 0 Å². The predicted molar refractivity (Wildman–Crippen MR) is 138 cm³/mol. The van der Waals surface area contributed by atoms with Crippen LogP contribution in [0.1, 0.15) is 31.2 Å². The van der Waals surface area contributed by atoms with Crippen molar-refractivity contribution >= 4 is 29.2 Å². The molecule has 1 aromatic carbocycles. The van der Waals surface area contributed by atoms with Gasteiger partial charge in [-0.1, -0.05) is 6.07 Å². The van der Waals surface area contributed by atoms with Gasteiger partial charge in [-0.15, -0.1) is 0 Å². The van der Waals surface area contributed by atoms with Crippen molar-refractivity contribution in [2.75, 3.05) is 56.0 Å². The first-order chi connectivity index (χ1) is 17.2. The molecule has 2 saturated heterocycles. The summed E-state index contributed by atoms with van der Waals surface area (Å²) in [5, 5.41) is 3.38. The van der Waals surface area contributed by atoms with E-state index in [9.17, 15) is 18.0 Å². The van der Waals surface area contributed by atoms with Crippen LogP contribution in [0.5, 0.6) is 0 Å². The van der Waals surface area contributed by atoms with Gasteiger partial charge in [-0.2, -0.15) is 13.2 Å². The van der Waals surface area contributed by atoms with Gasteiger partial charge < -0.3 is 15.1 Å². The summed E-state index contributed by atoms with van der Waals surface area (Å²) in [6.07, 6.45) is 5.13. The summed E-state index contributed by atoms with van der Waals surface area (Å²) in [6, 6.07) is 10.6. The molecule has 4 rings (SSSR count). The molecule has 10 heteroatoms. The normalized spacial score (nSPS) is 19.4. The van der Waals surface area contributed by atoms with Gasteiger partial charge >= 0.3 is 5.51 Å². The zero-order valence-electron chi connectivity index (χ0n) is 20.6. The lowest BCUT2D eigenvalue weighted by Crippen LogP contribution is -2.47. The SMILES string of the molecule is Cc1ccc(N2CCN(CCCC(=O)N3CCC[C@H](Nc4ccc(SC(F)(F)F)cc4)C3)CC2)nc1. The lowest BCUT2D eigenvalue weighted by molar-refractivity contribution is -0.132. The third-order valence-corrected chi connectivity index (χ3v) is 7.43. The van der Waals surface area contributed by atoms with Gasteiger partial charge in [0, 0.05) is 68.5 Å². The molecule has 0 unspecified atom stereocenters. The summed E-state index contributed by atoms with van der Waals surface area (Å²) < 4.78 is 37.6. The minimum absolute atomic E-state index is 0.104. The van der Waals surface area contributed by atoms with Crippen LogP contribution >= 0.6 is 11.8 Å². The number of nitrogens with zero attached hydrogens (tertiary/aromatic N) is 4. The Kier molecular flexibility index (Phi) is 9.00. The fourth-order valence-electron chi connectivity index (χ4n) is 4.77. The molecule has 1 amide bonds. The Bertz CT molecular complexity index is 979. The topological polar surface area (TPSA) is 51.7 Å². The molecule has 36 heavy (non-hydrogen) atoms. The number of aromatic nitrogens is 1. The number of hydrogen-bond donors (Lipinski definition) is 1. The third kappa shape index (κ3) is 8.03. The smallest absolute Gasteiger partial charge is 0.381 e. The first-order valence-corrected chi connectivity index (χ1v) is 13.4. The Morgan fingerprint density at radius 1 is 1.08 bits per heavy atom. The van der Waals surface area contributed by atoms with Crippen molar-refractivity contribution in [2.24, 2.45) is 0 Å². The lowest BCUT2D eigenvalue weighted by atomic mass is 10.0. The number of piperidine rings is 1. The van der Waals surface area contributed by atoms with E-state index < -0.39 is 5.51 Å². The summed E-state index contributed by atoms with van der Waals surface area (Å²) in [6.45, 7) is 8.18. The minimum Gasteiger partial charge on any atom is -0.381 e. The molecule has 1 aromatic heterocycles. The number of likely N-dealkylation sites (tertiary alicyclic amines) is 1. The minimum atomic E-state index is -4.29. The Labute approximate surface area is 215 Å². The van der Waals surface area contributed by atoms with Gasteiger partial charge in [0.1, 0.15) is 5.82 Å². The highest BCUT2D eigenvalue weighted by Crippen LogP contribution is 2.37. The molecule has 2 aliphatic heterocycles. The molecule has 2 aliphatic rings. The van der Waals surface area contributed by atoms with E-state index in [4.69, 9.17) is 0 Å². The highest BCUT2D eigenvalue weighted by atomic mass is 32.2. The van der Waals surface area contributed by atoms with Crippen molar-refractivity contribution in [2.45, 2.75) is 49.1 Å². The number of hydrogen-bond acceptors (Lipinski definition) is 6. The third-order valence-electron chi connectivity index (χ3n) is 6.69. The summed E-state index contributed by atoms with van der Waals surface area (Å²) in [5.41, 5.74) is -2.34. The standard InChI is InChI=1S/C26H34F3N5OS/c1-20-6-11-24(30-18-20)33-16-14-32(15-17-33)12-3-5-25(35)34-13-2-4-22(19-34)31-21-7-9-23(10-8-21)36-26(27,28)29/h6-11,18,22,31H,2-5,12-17,19H2,1H3/t22-/m0/s1. The highest BCUT2D eigenvalue weighted by molar-refractivity contribution is 8.00. The van der Waals surface area contributed by atoms with Crippen LogP contribution in [0, 0.1) is 6.92 Å². The number of anilines is 2. The first kappa shape index (κ1) is 26.6. The van der Waals surface area contributed by atoms with E-state index in [1.54, 1.807) is 12.1 Å². The van der Waals surface area contributed by atoms with Crippen molar-refractivity contribution in [3.05, 3.63) is 48.2 Å². The molecule has 1 atom stereocenters. The number of thioether (sulfide) groups is 1. The largest absolute Gasteiger partial charge is 0.446 e. The molecule has 2 fully saturated rings. The van der Waals surface area contributed by atoms with Crippen molar-refractivity contribution in [1.82, 2.24) is 14.8 Å². The Morgan fingerprint density at radius 2 is 1.83 bits per heavy atom. The molecule has 0 aliphatic carbocycles. The fourth-order valence-corrected chi connectivity index (χ4v) is 5.31. The average Bonchev–Trinajstić information content (AvgIpc) is 2.85. The number of halogens is 3. The lowest BCUT2D eigenvalue weighted by Gasteiger charge is -2.36. The molecule has 1 N–H and O–H groups in total. The number of alkyl halides is 3. The van der Waals surface area contributed by atoms with Crippen LogP contribution in [0.3, 0.4) is 0 Å². The molecule has 2 aromatic rings. The van der Waals surface area contributed by atoms with Crippen LogP contribution in [0.2, 0.25) is 0 Å². The van der Waals surface area contributed by atoms with Crippen molar-refractivity contribution in [3.63, 3.8) is 0 Å². The Hall–Kier alpha value is -2.46. The number of aryl methyl sites for hydroxylation is 1. The Morgan fingerprint density at radius 3 is 2.50 bits per heavy atom. The molecule has 0 bridgehead atoms. The summed E-state index contributed by atoms with van der Waals surface area (Å²) in [7, 11) is 0. The molecule has 6 nitrogen and oxygen atoms in total. The van der Waals surface area contributed by atoms with Crippen LogP contribution in [-0.4, -0.2) is 78.1 Å². The van der Waals surface area contributed by atoms with Crippen LogP contribution in [0.15, 0.2) is 47.5 Å². The fraction of sp³-hybridized carbons (Fsp3) is 0.538. The molecule has 0 radical (unpaired) electrons. The van der Waals surface area contributed by atoms with Gasteiger partial charge in [-0.05, 0) is 80.4 Å². The van der Waals surface area contributed by atoms with E-state index >= 15 is 0 Å². The number of amides is 1. The van der Waals surface area contributed by atoms with E-state index in [0.29, 0.717) is 13.0 Å². The number of carbonyl (C=O) groups is 1. The van der Waals surface area contributed by atoms with Gasteiger partial charge in [0.05, 0.1) is 0 Å². The van der Waals surface area contributed by atoms with Gasteiger partial charge in [-0.3, -0.25) is 9.69 Å². The second-order valence-electron chi connectivity index (χ2n) is 9.52. The van der Waals surface area contributed by atoms with Gasteiger partial charge in [-0.25, -0.2) is 4.98 Å². The number of carbonyl (C=O) groups excluding carboxylic acids is 1. The second-order valence-corrected chi connectivity index (χ2v) is 10.7. The Balaban J connectivity index is 1.16. The molecule has 3 heterocycles. The van der Waals surface area contributed by atoms with E-state index in [2.05, 4.69) is 32.2 Å². The molecule has 196 valence electrons. The van der Waals surface area contributed by atoms with Gasteiger partial charge in [0.2, 0.25) is 5.91 Å². The number of rotatable bonds is 8. The number of nitrogens with one attached hydrogen (secondary N) is 1. The maximum absolute atomic E-state index is 12.8. The van der Waals surface area contributed by atoms with E-state index in [1.165, 1.54) is 12.1 Å². The summed E-state index contributed by atoms with van der Waals surface area (Å²) in [4.78, 5) is 24.2. The maximum atomic E-state index is 12.8. The summed E-state index contributed by atoms with van der Waals surface area (Å²) >= 11 is -0.112.